The lowest BCUT2D eigenvalue weighted by atomic mass is 10.2. The number of aromatic nitrogens is 2. The standard InChI is InChI=1S/C18H26N4O3/c1-14(2)12-25-13-17(23)10-19-18(24)21-16-6-3-5-15(9-16)11-22-8-4-7-20-22/h3-9,14,17,23H,10-13H2,1-2H3,(H2,19,21,24). The van der Waals surface area contributed by atoms with Crippen LogP contribution >= 0.6 is 0 Å². The van der Waals surface area contributed by atoms with Crippen LogP contribution < -0.4 is 10.6 Å². The summed E-state index contributed by atoms with van der Waals surface area (Å²) >= 11 is 0. The number of hydrogen-bond donors (Lipinski definition) is 3. The summed E-state index contributed by atoms with van der Waals surface area (Å²) < 4.78 is 7.16. The van der Waals surface area contributed by atoms with E-state index >= 15 is 0 Å². The molecule has 2 amide bonds. The predicted molar refractivity (Wildman–Crippen MR) is 96.5 cm³/mol. The zero-order valence-electron chi connectivity index (χ0n) is 14.7. The van der Waals surface area contributed by atoms with Crippen LogP contribution in [0, 0.1) is 5.92 Å². The molecule has 0 aliphatic carbocycles. The molecule has 1 atom stereocenters. The lowest BCUT2D eigenvalue weighted by Crippen LogP contribution is -2.37. The third-order valence-electron chi connectivity index (χ3n) is 3.35. The SMILES string of the molecule is CC(C)COCC(O)CNC(=O)Nc1cccc(Cn2cccn2)c1. The number of carbonyl (C=O) groups excluding carboxylic acids is 1. The molecule has 1 aromatic carbocycles. The van der Waals surface area contributed by atoms with E-state index in [9.17, 15) is 9.90 Å². The highest BCUT2D eigenvalue weighted by atomic mass is 16.5. The molecule has 1 unspecified atom stereocenters. The van der Waals surface area contributed by atoms with E-state index in [1.54, 1.807) is 6.20 Å². The number of aliphatic hydroxyl groups excluding tert-OH is 1. The Kier molecular flexibility index (Phi) is 7.43. The van der Waals surface area contributed by atoms with Crippen molar-refractivity contribution in [2.24, 2.45) is 5.92 Å². The maximum Gasteiger partial charge on any atom is 0.319 e. The molecule has 0 fully saturated rings. The number of anilines is 1. The van der Waals surface area contributed by atoms with Crippen molar-refractivity contribution in [1.82, 2.24) is 15.1 Å². The number of nitrogens with one attached hydrogen (secondary N) is 2. The van der Waals surface area contributed by atoms with Gasteiger partial charge in [0.25, 0.3) is 0 Å². The topological polar surface area (TPSA) is 88.4 Å². The quantitative estimate of drug-likeness (QED) is 0.649. The monoisotopic (exact) mass is 346 g/mol. The molecule has 0 radical (unpaired) electrons. The fraction of sp³-hybridized carbons (Fsp3) is 0.444. The van der Waals surface area contributed by atoms with E-state index in [0.29, 0.717) is 24.8 Å². The highest BCUT2D eigenvalue weighted by Gasteiger charge is 2.08. The average Bonchev–Trinajstić information content (AvgIpc) is 3.06. The Balaban J connectivity index is 1.74. The first-order valence-corrected chi connectivity index (χ1v) is 8.40. The molecule has 0 spiro atoms. The van der Waals surface area contributed by atoms with Crippen molar-refractivity contribution in [2.45, 2.75) is 26.5 Å². The Morgan fingerprint density at radius 2 is 2.16 bits per heavy atom. The number of nitrogens with zero attached hydrogens (tertiary/aromatic N) is 2. The van der Waals surface area contributed by atoms with Gasteiger partial charge >= 0.3 is 6.03 Å². The molecule has 2 aromatic rings. The van der Waals surface area contributed by atoms with Gasteiger partial charge in [-0.2, -0.15) is 5.10 Å². The second-order valence-corrected chi connectivity index (χ2v) is 6.32. The Bertz CT molecular complexity index is 644. The van der Waals surface area contributed by atoms with Crippen LogP contribution in [0.5, 0.6) is 0 Å². The van der Waals surface area contributed by atoms with Crippen molar-refractivity contribution in [3.63, 3.8) is 0 Å². The van der Waals surface area contributed by atoms with Gasteiger partial charge in [-0.15, -0.1) is 0 Å². The highest BCUT2D eigenvalue weighted by Crippen LogP contribution is 2.11. The minimum atomic E-state index is -0.726. The van der Waals surface area contributed by atoms with Crippen LogP contribution in [0.15, 0.2) is 42.7 Å². The van der Waals surface area contributed by atoms with Gasteiger partial charge in [0, 0.05) is 31.2 Å². The summed E-state index contributed by atoms with van der Waals surface area (Å²) in [7, 11) is 0. The number of benzene rings is 1. The molecule has 136 valence electrons. The largest absolute Gasteiger partial charge is 0.389 e. The number of aliphatic hydroxyl groups is 1. The Morgan fingerprint density at radius 3 is 2.88 bits per heavy atom. The number of rotatable bonds is 9. The van der Waals surface area contributed by atoms with E-state index in [1.807, 2.05) is 55.1 Å². The first-order valence-electron chi connectivity index (χ1n) is 8.40. The van der Waals surface area contributed by atoms with Crippen LogP contribution in [0.3, 0.4) is 0 Å². The van der Waals surface area contributed by atoms with Gasteiger partial charge in [-0.25, -0.2) is 4.79 Å². The lowest BCUT2D eigenvalue weighted by molar-refractivity contribution is 0.0274. The van der Waals surface area contributed by atoms with Crippen LogP contribution in [0.25, 0.3) is 0 Å². The fourth-order valence-electron chi connectivity index (χ4n) is 2.21. The minimum Gasteiger partial charge on any atom is -0.389 e. The van der Waals surface area contributed by atoms with Gasteiger partial charge in [-0.1, -0.05) is 26.0 Å². The maximum atomic E-state index is 11.9. The Labute approximate surface area is 148 Å². The predicted octanol–water partition coefficient (Wildman–Crippen LogP) is 2.09. The minimum absolute atomic E-state index is 0.136. The second kappa shape index (κ2) is 9.80. The Hall–Kier alpha value is -2.38. The maximum absolute atomic E-state index is 11.9. The average molecular weight is 346 g/mol. The van der Waals surface area contributed by atoms with Crippen LogP contribution in [0.4, 0.5) is 10.5 Å². The van der Waals surface area contributed by atoms with Gasteiger partial charge in [-0.3, -0.25) is 4.68 Å². The first kappa shape index (κ1) is 19.0. The molecule has 0 saturated carbocycles. The zero-order chi connectivity index (χ0) is 18.1. The molecular formula is C18H26N4O3. The molecule has 1 aromatic heterocycles. The van der Waals surface area contributed by atoms with E-state index in [2.05, 4.69) is 15.7 Å². The smallest absolute Gasteiger partial charge is 0.319 e. The van der Waals surface area contributed by atoms with Crippen LogP contribution in [-0.4, -0.2) is 46.8 Å². The fourth-order valence-corrected chi connectivity index (χ4v) is 2.21. The van der Waals surface area contributed by atoms with Crippen molar-refractivity contribution < 1.29 is 14.6 Å². The molecule has 0 aliphatic heterocycles. The van der Waals surface area contributed by atoms with E-state index < -0.39 is 6.10 Å². The summed E-state index contributed by atoms with van der Waals surface area (Å²) in [6.45, 7) is 5.65. The molecule has 2 rings (SSSR count). The van der Waals surface area contributed by atoms with Gasteiger partial charge < -0.3 is 20.5 Å². The van der Waals surface area contributed by atoms with Gasteiger partial charge in [0.05, 0.1) is 19.3 Å². The number of ether oxygens (including phenoxy) is 1. The summed E-state index contributed by atoms with van der Waals surface area (Å²) in [6.07, 6.45) is 2.89. The molecular weight excluding hydrogens is 320 g/mol. The van der Waals surface area contributed by atoms with Gasteiger partial charge in [0.15, 0.2) is 0 Å². The third-order valence-corrected chi connectivity index (χ3v) is 3.35. The van der Waals surface area contributed by atoms with Crippen molar-refractivity contribution in [2.75, 3.05) is 25.1 Å². The molecule has 0 aliphatic rings. The second-order valence-electron chi connectivity index (χ2n) is 6.32. The Morgan fingerprint density at radius 1 is 1.32 bits per heavy atom. The van der Waals surface area contributed by atoms with Crippen LogP contribution in [0.2, 0.25) is 0 Å². The normalized spacial score (nSPS) is 12.2. The van der Waals surface area contributed by atoms with Gasteiger partial charge in [0.1, 0.15) is 0 Å². The molecule has 3 N–H and O–H groups in total. The summed E-state index contributed by atoms with van der Waals surface area (Å²) in [4.78, 5) is 11.9. The number of amides is 2. The van der Waals surface area contributed by atoms with Crippen LogP contribution in [0.1, 0.15) is 19.4 Å². The van der Waals surface area contributed by atoms with E-state index in [1.165, 1.54) is 0 Å². The first-order chi connectivity index (χ1) is 12.0. The summed E-state index contributed by atoms with van der Waals surface area (Å²) in [5.74, 6) is 0.414. The molecule has 0 bridgehead atoms. The summed E-state index contributed by atoms with van der Waals surface area (Å²) in [5.41, 5.74) is 1.72. The molecule has 7 nitrogen and oxygen atoms in total. The van der Waals surface area contributed by atoms with Crippen molar-refractivity contribution in [3.8, 4) is 0 Å². The molecule has 25 heavy (non-hydrogen) atoms. The highest BCUT2D eigenvalue weighted by molar-refractivity contribution is 5.89. The summed E-state index contributed by atoms with van der Waals surface area (Å²) in [5, 5.41) is 19.3. The van der Waals surface area contributed by atoms with Crippen molar-refractivity contribution in [1.29, 1.82) is 0 Å². The van der Waals surface area contributed by atoms with E-state index in [4.69, 9.17) is 4.74 Å². The molecule has 1 heterocycles. The van der Waals surface area contributed by atoms with Crippen molar-refractivity contribution in [3.05, 3.63) is 48.3 Å². The van der Waals surface area contributed by atoms with Crippen molar-refractivity contribution >= 4 is 11.7 Å². The third kappa shape index (κ3) is 7.36. The molecule has 0 saturated heterocycles. The lowest BCUT2D eigenvalue weighted by Gasteiger charge is -2.14. The summed E-state index contributed by atoms with van der Waals surface area (Å²) in [6, 6.07) is 9.06. The number of carbonyl (C=O) groups is 1. The number of hydrogen-bond acceptors (Lipinski definition) is 4. The molecule has 7 heteroatoms. The van der Waals surface area contributed by atoms with Crippen LogP contribution in [-0.2, 0) is 11.3 Å². The van der Waals surface area contributed by atoms with E-state index in [0.717, 1.165) is 5.56 Å². The van der Waals surface area contributed by atoms with E-state index in [-0.39, 0.29) is 19.2 Å². The van der Waals surface area contributed by atoms with Gasteiger partial charge in [0.2, 0.25) is 0 Å². The zero-order valence-corrected chi connectivity index (χ0v) is 14.7. The number of urea groups is 1. The van der Waals surface area contributed by atoms with Gasteiger partial charge in [-0.05, 0) is 29.7 Å².